The van der Waals surface area contributed by atoms with E-state index in [2.05, 4.69) is 50.2 Å². The van der Waals surface area contributed by atoms with Gasteiger partial charge in [-0.05, 0) is 86.4 Å². The number of fused-ring (bicyclic) bond motifs is 3. The largest absolute Gasteiger partial charge is 0.444 e. The Hall–Kier alpha value is -2.93. The highest BCUT2D eigenvalue weighted by Gasteiger charge is 2.35. The number of aromatic amines is 1. The molecular weight excluding hydrogens is 506 g/mol. The zero-order valence-corrected chi connectivity index (χ0v) is 21.9. The van der Waals surface area contributed by atoms with Crippen LogP contribution in [0.4, 0.5) is 4.79 Å². The first kappa shape index (κ1) is 23.8. The second kappa shape index (κ2) is 9.26. The minimum absolute atomic E-state index is 0.0977. The van der Waals surface area contributed by atoms with Gasteiger partial charge in [0, 0.05) is 12.1 Å². The number of amides is 1. The van der Waals surface area contributed by atoms with Crippen molar-refractivity contribution in [3.05, 3.63) is 65.1 Å². The van der Waals surface area contributed by atoms with E-state index in [0.29, 0.717) is 11.9 Å². The Bertz CT molecular complexity index is 1290. The molecule has 0 radical (unpaired) electrons. The smallest absolute Gasteiger partial charge is 0.410 e. The van der Waals surface area contributed by atoms with E-state index in [9.17, 15) is 9.59 Å². The highest BCUT2D eigenvalue weighted by molar-refractivity contribution is 9.09. The average molecular weight is 536 g/mol. The van der Waals surface area contributed by atoms with Gasteiger partial charge in [-0.2, -0.15) is 0 Å². The van der Waals surface area contributed by atoms with Gasteiger partial charge in [0.15, 0.2) is 5.78 Å². The molecule has 182 valence electrons. The lowest BCUT2D eigenvalue weighted by Crippen LogP contribution is -2.36. The maximum Gasteiger partial charge on any atom is 0.410 e. The summed E-state index contributed by atoms with van der Waals surface area (Å²) in [5.74, 6) is 0.909. The van der Waals surface area contributed by atoms with E-state index in [4.69, 9.17) is 4.74 Å². The number of hydrogen-bond donors (Lipinski definition) is 1. The van der Waals surface area contributed by atoms with Crippen molar-refractivity contribution in [2.75, 3.05) is 11.9 Å². The third-order valence-electron chi connectivity index (χ3n) is 6.71. The number of carbonyl (C=O) groups excluding carboxylic acids is 2. The summed E-state index contributed by atoms with van der Waals surface area (Å²) in [7, 11) is 0. The second-order valence-electron chi connectivity index (χ2n) is 10.3. The quantitative estimate of drug-likeness (QED) is 0.306. The molecule has 1 aliphatic carbocycles. The van der Waals surface area contributed by atoms with Gasteiger partial charge >= 0.3 is 6.09 Å². The van der Waals surface area contributed by atoms with Crippen molar-refractivity contribution in [3.63, 3.8) is 0 Å². The molecule has 6 nitrogen and oxygen atoms in total. The number of aromatic nitrogens is 2. The highest BCUT2D eigenvalue weighted by Crippen LogP contribution is 2.37. The lowest BCUT2D eigenvalue weighted by molar-refractivity contribution is 0.0218. The van der Waals surface area contributed by atoms with Gasteiger partial charge in [0.2, 0.25) is 0 Å². The first-order chi connectivity index (χ1) is 16.7. The van der Waals surface area contributed by atoms with Crippen molar-refractivity contribution in [2.24, 2.45) is 0 Å². The fraction of sp³-hybridized carbons (Fsp3) is 0.393. The van der Waals surface area contributed by atoms with E-state index in [1.54, 1.807) is 4.90 Å². The predicted octanol–water partition coefficient (Wildman–Crippen LogP) is 6.49. The molecule has 1 amide bonds. The third-order valence-corrected chi connectivity index (χ3v) is 7.22. The SMILES string of the molecule is CC(C)(C)OC(=O)N1CCCC1c1ncc(-c2ccc3c(c2)CCc2cc(C(=O)CBr)ccc2-3)[nH]1. The molecule has 3 aromatic rings. The Kier molecular flexibility index (Phi) is 6.30. The Balaban J connectivity index is 1.38. The number of Topliss-reactive ketones (excluding diaryl/α,β-unsaturated/α-hetero) is 1. The van der Waals surface area contributed by atoms with E-state index in [0.717, 1.165) is 48.3 Å². The molecule has 1 aromatic heterocycles. The molecule has 1 fully saturated rings. The Morgan fingerprint density at radius 1 is 1.11 bits per heavy atom. The number of carbonyl (C=O) groups is 2. The van der Waals surface area contributed by atoms with Gasteiger partial charge in [0.1, 0.15) is 11.4 Å². The number of H-pyrrole nitrogens is 1. The van der Waals surface area contributed by atoms with Gasteiger partial charge in [-0.1, -0.05) is 40.2 Å². The van der Waals surface area contributed by atoms with Gasteiger partial charge in [-0.15, -0.1) is 0 Å². The molecule has 1 unspecified atom stereocenters. The van der Waals surface area contributed by atoms with Crippen molar-refractivity contribution in [1.29, 1.82) is 0 Å². The molecule has 1 atom stereocenters. The number of halogens is 1. The maximum atomic E-state index is 12.7. The first-order valence-corrected chi connectivity index (χ1v) is 13.3. The van der Waals surface area contributed by atoms with E-state index >= 15 is 0 Å². The van der Waals surface area contributed by atoms with Crippen LogP contribution in [0.1, 0.15) is 67.0 Å². The predicted molar refractivity (Wildman–Crippen MR) is 140 cm³/mol. The van der Waals surface area contributed by atoms with Crippen molar-refractivity contribution in [3.8, 4) is 22.4 Å². The molecule has 5 rings (SSSR count). The summed E-state index contributed by atoms with van der Waals surface area (Å²) in [5.41, 5.74) is 7.21. The molecule has 1 saturated heterocycles. The maximum absolute atomic E-state index is 12.7. The molecule has 2 aromatic carbocycles. The molecular formula is C28H30BrN3O3. The molecule has 0 saturated carbocycles. The molecule has 7 heteroatoms. The van der Waals surface area contributed by atoms with Crippen LogP contribution in [0, 0.1) is 0 Å². The molecule has 0 spiro atoms. The van der Waals surface area contributed by atoms with Crippen LogP contribution in [0.2, 0.25) is 0 Å². The minimum atomic E-state index is -0.523. The summed E-state index contributed by atoms with van der Waals surface area (Å²) in [4.78, 5) is 34.7. The number of benzene rings is 2. The van der Waals surface area contributed by atoms with E-state index < -0.39 is 5.60 Å². The number of imidazole rings is 1. The molecule has 1 N–H and O–H groups in total. The minimum Gasteiger partial charge on any atom is -0.444 e. The number of ether oxygens (including phenoxy) is 1. The normalized spacial score (nSPS) is 17.1. The lowest BCUT2D eigenvalue weighted by Gasteiger charge is -2.27. The van der Waals surface area contributed by atoms with E-state index in [1.165, 1.54) is 22.3 Å². The van der Waals surface area contributed by atoms with Crippen LogP contribution in [-0.2, 0) is 17.6 Å². The first-order valence-electron chi connectivity index (χ1n) is 12.1. The van der Waals surface area contributed by atoms with Crippen molar-refractivity contribution in [2.45, 2.75) is 58.1 Å². The summed E-state index contributed by atoms with van der Waals surface area (Å²) in [6.07, 6.45) is 5.21. The summed E-state index contributed by atoms with van der Waals surface area (Å²) < 4.78 is 5.61. The summed E-state index contributed by atoms with van der Waals surface area (Å²) in [5, 5.41) is 0.342. The number of nitrogens with zero attached hydrogens (tertiary/aromatic N) is 2. The van der Waals surface area contributed by atoms with Gasteiger partial charge in [-0.3, -0.25) is 9.69 Å². The fourth-order valence-electron chi connectivity index (χ4n) is 5.06. The number of alkyl halides is 1. The molecule has 0 bridgehead atoms. The molecule has 2 heterocycles. The van der Waals surface area contributed by atoms with Crippen LogP contribution in [0.25, 0.3) is 22.4 Å². The van der Waals surface area contributed by atoms with Crippen LogP contribution in [0.5, 0.6) is 0 Å². The van der Waals surface area contributed by atoms with Gasteiger partial charge < -0.3 is 9.72 Å². The monoisotopic (exact) mass is 535 g/mol. The summed E-state index contributed by atoms with van der Waals surface area (Å²) in [6, 6.07) is 12.4. The lowest BCUT2D eigenvalue weighted by atomic mass is 9.83. The summed E-state index contributed by atoms with van der Waals surface area (Å²) >= 11 is 3.27. The average Bonchev–Trinajstić information content (AvgIpc) is 3.51. The molecule has 1 aliphatic heterocycles. The van der Waals surface area contributed by atoms with Crippen molar-refractivity contribution in [1.82, 2.24) is 14.9 Å². The van der Waals surface area contributed by atoms with Crippen molar-refractivity contribution >= 4 is 27.8 Å². The highest BCUT2D eigenvalue weighted by atomic mass is 79.9. The third kappa shape index (κ3) is 4.79. The van der Waals surface area contributed by atoms with Crippen molar-refractivity contribution < 1.29 is 14.3 Å². The van der Waals surface area contributed by atoms with Crippen LogP contribution in [0.15, 0.2) is 42.6 Å². The molecule has 2 aliphatic rings. The van der Waals surface area contributed by atoms with E-state index in [1.807, 2.05) is 39.1 Å². The zero-order chi connectivity index (χ0) is 24.7. The Morgan fingerprint density at radius 3 is 2.54 bits per heavy atom. The van der Waals surface area contributed by atoms with Crippen LogP contribution in [0.3, 0.4) is 0 Å². The van der Waals surface area contributed by atoms with Gasteiger partial charge in [0.05, 0.1) is 23.3 Å². The summed E-state index contributed by atoms with van der Waals surface area (Å²) in [6.45, 7) is 6.34. The van der Waals surface area contributed by atoms with Gasteiger partial charge in [0.25, 0.3) is 0 Å². The van der Waals surface area contributed by atoms with Crippen LogP contribution < -0.4 is 0 Å². The number of aryl methyl sites for hydroxylation is 2. The second-order valence-corrected chi connectivity index (χ2v) is 10.9. The number of likely N-dealkylation sites (tertiary alicyclic amines) is 1. The number of rotatable bonds is 4. The van der Waals surface area contributed by atoms with Crippen LogP contribution in [-0.4, -0.2) is 44.2 Å². The molecule has 35 heavy (non-hydrogen) atoms. The standard InChI is InChI=1S/C28H30BrN3O3/c1-28(2,3)35-27(34)32-12-4-5-24(32)26-30-16-23(31-26)19-8-10-21-17(13-19)6-7-18-14-20(25(33)15-29)9-11-22(18)21/h8-11,13-14,16,24H,4-7,12,15H2,1-3H3,(H,30,31). The zero-order valence-electron chi connectivity index (χ0n) is 20.4. The van der Waals surface area contributed by atoms with E-state index in [-0.39, 0.29) is 17.9 Å². The Morgan fingerprint density at radius 2 is 1.83 bits per heavy atom. The van der Waals surface area contributed by atoms with Crippen LogP contribution >= 0.6 is 15.9 Å². The number of nitrogens with one attached hydrogen (secondary N) is 1. The Labute approximate surface area is 214 Å². The number of hydrogen-bond acceptors (Lipinski definition) is 4. The topological polar surface area (TPSA) is 75.3 Å². The number of ketones is 1. The fourth-order valence-corrected chi connectivity index (χ4v) is 5.38. The van der Waals surface area contributed by atoms with Gasteiger partial charge in [-0.25, -0.2) is 9.78 Å².